The number of hydrogen-bond acceptors (Lipinski definition) is 6. The molecule has 0 bridgehead atoms. The molecule has 0 aliphatic carbocycles. The van der Waals surface area contributed by atoms with E-state index >= 15 is 0 Å². The molecule has 0 aliphatic rings. The number of ether oxygens (including phenoxy) is 2. The summed E-state index contributed by atoms with van der Waals surface area (Å²) in [7, 11) is -3.47. The molecule has 4 N–H and O–H groups in total. The molecule has 0 saturated heterocycles. The Bertz CT molecular complexity index is 1030. The zero-order valence-electron chi connectivity index (χ0n) is 22.7. The van der Waals surface area contributed by atoms with Gasteiger partial charge in [0.25, 0.3) is 0 Å². The van der Waals surface area contributed by atoms with Crippen molar-refractivity contribution >= 4 is 13.4 Å². The van der Waals surface area contributed by atoms with Crippen molar-refractivity contribution < 1.29 is 32.6 Å². The molecular formula is C27H42F2N3O5P. The third-order valence-electron chi connectivity index (χ3n) is 6.31. The van der Waals surface area contributed by atoms with Gasteiger partial charge in [-0.15, -0.1) is 0 Å². The van der Waals surface area contributed by atoms with E-state index < -0.39 is 26.3 Å². The number of nitrogens with zero attached hydrogens (tertiary/aromatic N) is 2. The van der Waals surface area contributed by atoms with Crippen LogP contribution in [-0.2, 0) is 33.4 Å². The highest BCUT2D eigenvalue weighted by Gasteiger charge is 2.47. The molecule has 1 aromatic carbocycles. The fourth-order valence-electron chi connectivity index (χ4n) is 3.91. The summed E-state index contributed by atoms with van der Waals surface area (Å²) >= 11 is 0. The second-order valence-corrected chi connectivity index (χ2v) is 11.4. The van der Waals surface area contributed by atoms with Gasteiger partial charge in [0.1, 0.15) is 5.82 Å². The Kier molecular flexibility index (Phi) is 13.2. The molecule has 38 heavy (non-hydrogen) atoms. The molecule has 8 nitrogen and oxygen atoms in total. The largest absolute Gasteiger partial charge is 0.394 e. The van der Waals surface area contributed by atoms with Crippen molar-refractivity contribution in [3.8, 4) is 0 Å². The van der Waals surface area contributed by atoms with Gasteiger partial charge in [0.05, 0.1) is 26.4 Å². The lowest BCUT2D eigenvalue weighted by atomic mass is 9.99. The van der Waals surface area contributed by atoms with Crippen LogP contribution in [0.4, 0.5) is 14.6 Å². The van der Waals surface area contributed by atoms with E-state index in [1.54, 1.807) is 0 Å². The maximum Gasteiger partial charge on any atom is 0.394 e. The molecule has 0 unspecified atom stereocenters. The summed E-state index contributed by atoms with van der Waals surface area (Å²) in [5.41, 5.74) is 7.77. The predicted octanol–water partition coefficient (Wildman–Crippen LogP) is 4.92. The molecule has 0 spiro atoms. The molecule has 0 saturated carbocycles. The summed E-state index contributed by atoms with van der Waals surface area (Å²) in [6, 6.07) is 10.7. The Morgan fingerprint density at radius 1 is 1.03 bits per heavy atom. The number of likely N-dealkylation sites (N-methyl/N-ethyl adjacent to an activating group) is 1. The Labute approximate surface area is 224 Å². The molecule has 0 aliphatic heterocycles. The molecular weight excluding hydrogens is 515 g/mol. The van der Waals surface area contributed by atoms with Gasteiger partial charge in [0.15, 0.2) is 0 Å². The first-order valence-corrected chi connectivity index (χ1v) is 14.6. The second kappa shape index (κ2) is 15.6. The van der Waals surface area contributed by atoms with Crippen LogP contribution in [0.2, 0.25) is 0 Å². The average molecular weight is 558 g/mol. The number of alkyl halides is 2. The predicted molar refractivity (Wildman–Crippen MR) is 145 cm³/mol. The summed E-state index contributed by atoms with van der Waals surface area (Å²) in [5, 5.41) is 0. The minimum absolute atomic E-state index is 0.0750. The smallest absolute Gasteiger partial charge is 0.383 e. The maximum absolute atomic E-state index is 13.2. The average Bonchev–Trinajstić information content (AvgIpc) is 2.84. The van der Waals surface area contributed by atoms with Crippen molar-refractivity contribution in [1.29, 1.82) is 0 Å². The van der Waals surface area contributed by atoms with Crippen LogP contribution >= 0.6 is 7.60 Å². The second-order valence-electron chi connectivity index (χ2n) is 9.65. The van der Waals surface area contributed by atoms with Gasteiger partial charge in [0.2, 0.25) is 0 Å². The van der Waals surface area contributed by atoms with Gasteiger partial charge in [0, 0.05) is 25.2 Å². The SMILES string of the molecule is CCCCCc1cc(Cc2ccc(CN(C)CCOCCOCCC(F)(F)P(=O)(O)O)cc2)c(C)nc1N. The number of aryl methyl sites for hydroxylation is 2. The lowest BCUT2D eigenvalue weighted by Crippen LogP contribution is -2.23. The van der Waals surface area contributed by atoms with Crippen LogP contribution in [0.3, 0.4) is 0 Å². The highest BCUT2D eigenvalue weighted by molar-refractivity contribution is 7.53. The zero-order chi connectivity index (χ0) is 28.2. The van der Waals surface area contributed by atoms with Gasteiger partial charge in [-0.1, -0.05) is 50.1 Å². The summed E-state index contributed by atoms with van der Waals surface area (Å²) in [6.45, 7) is 5.90. The van der Waals surface area contributed by atoms with Crippen LogP contribution in [-0.4, -0.2) is 65.4 Å². The van der Waals surface area contributed by atoms with Crippen LogP contribution < -0.4 is 5.73 Å². The Balaban J connectivity index is 1.70. The number of hydrogen-bond donors (Lipinski definition) is 3. The number of nitrogens with two attached hydrogens (primary N) is 1. The number of aromatic nitrogens is 1. The van der Waals surface area contributed by atoms with Gasteiger partial charge < -0.3 is 25.0 Å². The van der Waals surface area contributed by atoms with E-state index in [0.29, 0.717) is 19.0 Å². The Hall–Kier alpha value is -1.94. The third-order valence-corrected chi connectivity index (χ3v) is 7.39. The fourth-order valence-corrected chi connectivity index (χ4v) is 4.30. The van der Waals surface area contributed by atoms with E-state index in [0.717, 1.165) is 37.1 Å². The number of rotatable bonds is 18. The van der Waals surface area contributed by atoms with E-state index in [-0.39, 0.29) is 13.2 Å². The topological polar surface area (TPSA) is 118 Å². The molecule has 1 heterocycles. The standard InChI is InChI=1S/C27H42F2N3O5P/c1-4-5-6-7-24-19-25(21(2)31-26(24)30)18-22-8-10-23(11-9-22)20-32(3)13-15-37-17-16-36-14-12-27(28,29)38(33,34)35/h8-11,19H,4-7,12-18,20H2,1-3H3,(H2,30,31)(H2,33,34,35). The van der Waals surface area contributed by atoms with Crippen LogP contribution in [0.15, 0.2) is 30.3 Å². The zero-order valence-corrected chi connectivity index (χ0v) is 23.6. The summed E-state index contributed by atoms with van der Waals surface area (Å²) < 4.78 is 47.4. The highest BCUT2D eigenvalue weighted by Crippen LogP contribution is 2.54. The summed E-state index contributed by atoms with van der Waals surface area (Å²) in [6.07, 6.45) is 4.22. The van der Waals surface area contributed by atoms with Crippen LogP contribution in [0, 0.1) is 6.92 Å². The maximum atomic E-state index is 13.2. The quantitative estimate of drug-likeness (QED) is 0.175. The molecule has 2 rings (SSSR count). The first kappa shape index (κ1) is 32.3. The van der Waals surface area contributed by atoms with E-state index in [4.69, 9.17) is 25.0 Å². The Morgan fingerprint density at radius 3 is 2.29 bits per heavy atom. The van der Waals surface area contributed by atoms with Gasteiger partial charge in [-0.3, -0.25) is 9.46 Å². The van der Waals surface area contributed by atoms with E-state index in [9.17, 15) is 13.3 Å². The minimum Gasteiger partial charge on any atom is -0.383 e. The molecule has 0 fully saturated rings. The summed E-state index contributed by atoms with van der Waals surface area (Å²) in [4.78, 5) is 23.8. The van der Waals surface area contributed by atoms with E-state index in [1.807, 2.05) is 14.0 Å². The first-order valence-electron chi connectivity index (χ1n) is 13.0. The molecule has 214 valence electrons. The van der Waals surface area contributed by atoms with Crippen molar-refractivity contribution in [2.24, 2.45) is 0 Å². The van der Waals surface area contributed by atoms with Gasteiger partial charge >= 0.3 is 13.3 Å². The van der Waals surface area contributed by atoms with Crippen LogP contribution in [0.1, 0.15) is 60.6 Å². The van der Waals surface area contributed by atoms with E-state index in [2.05, 4.69) is 47.1 Å². The Morgan fingerprint density at radius 2 is 1.66 bits per heavy atom. The molecule has 0 radical (unpaired) electrons. The third kappa shape index (κ3) is 11.0. The number of pyridine rings is 1. The van der Waals surface area contributed by atoms with E-state index in [1.165, 1.54) is 29.5 Å². The lowest BCUT2D eigenvalue weighted by molar-refractivity contribution is -0.00278. The fraction of sp³-hybridized carbons (Fsp3) is 0.593. The minimum atomic E-state index is -5.46. The lowest BCUT2D eigenvalue weighted by Gasteiger charge is -2.18. The van der Waals surface area contributed by atoms with Crippen molar-refractivity contribution in [3.63, 3.8) is 0 Å². The molecule has 0 amide bonds. The molecule has 2 aromatic rings. The molecule has 1 aromatic heterocycles. The number of benzene rings is 1. The molecule has 11 heteroatoms. The number of halogens is 2. The van der Waals surface area contributed by atoms with Crippen molar-refractivity contribution in [1.82, 2.24) is 9.88 Å². The van der Waals surface area contributed by atoms with Crippen molar-refractivity contribution in [2.75, 3.05) is 45.8 Å². The van der Waals surface area contributed by atoms with Crippen molar-refractivity contribution in [3.05, 3.63) is 58.3 Å². The highest BCUT2D eigenvalue weighted by atomic mass is 31.2. The molecule has 0 atom stereocenters. The van der Waals surface area contributed by atoms with Gasteiger partial charge in [-0.05, 0) is 55.5 Å². The first-order chi connectivity index (χ1) is 17.9. The van der Waals surface area contributed by atoms with Gasteiger partial charge in [-0.2, -0.15) is 8.78 Å². The van der Waals surface area contributed by atoms with Crippen LogP contribution in [0.25, 0.3) is 0 Å². The van der Waals surface area contributed by atoms with Gasteiger partial charge in [-0.25, -0.2) is 4.98 Å². The monoisotopic (exact) mass is 557 g/mol. The number of unbranched alkanes of at least 4 members (excludes halogenated alkanes) is 2. The van der Waals surface area contributed by atoms with Crippen LogP contribution in [0.5, 0.6) is 0 Å². The number of anilines is 1. The number of nitrogen functional groups attached to an aromatic ring is 1. The summed E-state index contributed by atoms with van der Waals surface area (Å²) in [5.74, 6) is 0.639. The normalized spacial score (nSPS) is 12.4. The van der Waals surface area contributed by atoms with Crippen molar-refractivity contribution in [2.45, 2.75) is 64.6 Å².